The summed E-state index contributed by atoms with van der Waals surface area (Å²) in [6, 6.07) is 1.15. The quantitative estimate of drug-likeness (QED) is 0.208. The number of pyridine rings is 1. The second kappa shape index (κ2) is 13.6. The highest BCUT2D eigenvalue weighted by Crippen LogP contribution is 2.50. The number of hydrogen-bond acceptors (Lipinski definition) is 18. The lowest BCUT2D eigenvalue weighted by molar-refractivity contribution is -0.0793. The molecule has 3 fully saturated rings. The van der Waals surface area contributed by atoms with Crippen LogP contribution in [0.2, 0.25) is 5.15 Å². The molecule has 2 aromatic heterocycles. The fourth-order valence-corrected chi connectivity index (χ4v) is 9.24. The van der Waals surface area contributed by atoms with Crippen molar-refractivity contribution in [1.82, 2.24) is 14.8 Å². The van der Waals surface area contributed by atoms with E-state index < -0.39 is 117 Å². The van der Waals surface area contributed by atoms with Crippen LogP contribution in [0.15, 0.2) is 6.20 Å². The summed E-state index contributed by atoms with van der Waals surface area (Å²) in [6.45, 7) is -3.01. The SMILES string of the molecule is N#Cc1c(Cl)nc2c(cnn2[C@@H]2O[C@H](CS(=O)(=O)CP3(=O)OCOC(=O)OCCOC(=O)OCO3)[C@@H](O)[C@H]2O)c1NC1CC(F)(F)C1. The van der Waals surface area contributed by atoms with Gasteiger partial charge in [0.25, 0.3) is 5.92 Å². The smallest absolute Gasteiger partial charge is 0.431 e. The van der Waals surface area contributed by atoms with Crippen LogP contribution in [-0.4, -0.2) is 114 Å². The zero-order valence-electron chi connectivity index (χ0n) is 23.7. The van der Waals surface area contributed by atoms with Gasteiger partial charge in [-0.2, -0.15) is 10.4 Å². The van der Waals surface area contributed by atoms with Gasteiger partial charge in [-0.25, -0.2) is 36.5 Å². The number of halogens is 3. The minimum Gasteiger partial charge on any atom is -0.431 e. The highest BCUT2D eigenvalue weighted by atomic mass is 35.5. The van der Waals surface area contributed by atoms with E-state index in [4.69, 9.17) is 25.4 Å². The van der Waals surface area contributed by atoms with Crippen molar-refractivity contribution in [2.24, 2.45) is 0 Å². The van der Waals surface area contributed by atoms with Gasteiger partial charge in [-0.05, 0) is 0 Å². The number of rotatable bonds is 7. The largest absolute Gasteiger partial charge is 0.510 e. The number of fused-ring (bicyclic) bond motifs is 1. The van der Waals surface area contributed by atoms with Crippen LogP contribution in [0.1, 0.15) is 24.6 Å². The molecular weight excluding hydrogens is 707 g/mol. The summed E-state index contributed by atoms with van der Waals surface area (Å²) in [5.41, 5.74) is -1.60. The number of aliphatic hydroxyl groups is 2. The maximum atomic E-state index is 13.5. The molecule has 3 N–H and O–H groups in total. The molecule has 1 saturated carbocycles. The number of ether oxygens (including phenoxy) is 5. The number of alkyl halides is 2. The van der Waals surface area contributed by atoms with Crippen LogP contribution < -0.4 is 5.32 Å². The van der Waals surface area contributed by atoms with Crippen LogP contribution in [0.5, 0.6) is 0 Å². The number of anilines is 1. The predicted octanol–water partition coefficient (Wildman–Crippen LogP) is 1.62. The molecule has 2 aromatic rings. The van der Waals surface area contributed by atoms with E-state index in [1.54, 1.807) is 0 Å². The second-order valence-corrected chi connectivity index (χ2v) is 15.3. The summed E-state index contributed by atoms with van der Waals surface area (Å²) >= 11 is 6.20. The molecule has 2 aliphatic heterocycles. The monoisotopic (exact) mass is 731 g/mol. The Morgan fingerprint density at radius 1 is 1.11 bits per heavy atom. The molecule has 4 atom stereocenters. The molecule has 47 heavy (non-hydrogen) atoms. The van der Waals surface area contributed by atoms with E-state index in [0.717, 1.165) is 4.68 Å². The number of nitrogens with zero attached hydrogens (tertiary/aromatic N) is 4. The van der Waals surface area contributed by atoms with Crippen LogP contribution in [0, 0.1) is 11.3 Å². The number of carbonyl (C=O) groups excluding carboxylic acids is 2. The Hall–Kier alpha value is -3.42. The van der Waals surface area contributed by atoms with Gasteiger partial charge >= 0.3 is 19.9 Å². The normalized spacial score (nSPS) is 27.1. The van der Waals surface area contributed by atoms with Gasteiger partial charge in [0, 0.05) is 18.9 Å². The Morgan fingerprint density at radius 3 is 2.30 bits per heavy atom. The van der Waals surface area contributed by atoms with Crippen molar-refractivity contribution < 1.29 is 74.3 Å². The van der Waals surface area contributed by atoms with Gasteiger partial charge in [0.1, 0.15) is 43.2 Å². The average Bonchev–Trinajstić information content (AvgIpc) is 3.49. The number of hydrogen-bond donors (Lipinski definition) is 3. The molecule has 0 aromatic carbocycles. The van der Waals surface area contributed by atoms with Crippen LogP contribution in [0.4, 0.5) is 24.1 Å². The molecule has 258 valence electrons. The summed E-state index contributed by atoms with van der Waals surface area (Å²) in [6.07, 6.45) is -9.37. The Balaban J connectivity index is 1.32. The molecule has 0 amide bonds. The first kappa shape index (κ1) is 34.9. The molecule has 0 radical (unpaired) electrons. The number of nitriles is 1. The number of aromatic nitrogens is 3. The molecule has 0 spiro atoms. The topological polar surface area (TPSA) is 257 Å². The van der Waals surface area contributed by atoms with Gasteiger partial charge in [-0.1, -0.05) is 11.6 Å². The number of cyclic esters (lactones) is 4. The van der Waals surface area contributed by atoms with E-state index in [1.807, 2.05) is 6.07 Å². The Labute approximate surface area is 267 Å². The molecule has 0 bridgehead atoms. The van der Waals surface area contributed by atoms with E-state index in [1.165, 1.54) is 6.20 Å². The Bertz CT molecular complexity index is 1710. The number of aliphatic hydroxyl groups excluding tert-OH is 2. The molecule has 0 unspecified atom stereocenters. The fraction of sp³-hybridized carbons (Fsp3) is 0.609. The standard InChI is InChI=1S/C23H25ClF2N5O14PS/c24-18-12(5-27)15(29-11-3-23(25,26)4-11)13-6-28-31(19(13)30-18)20-17(33)16(32)14(45-20)7-47(37,38)10-46(36)43-8-41-21(34)39-1-2-40-22(35)42-9-44-46/h6,11,14,16-17,20,32-33H,1-4,7-10H2,(H,29,30)/t14-,16-,17-,20-/m1/s1. The van der Waals surface area contributed by atoms with E-state index in [-0.39, 0.29) is 27.4 Å². The first-order chi connectivity index (χ1) is 22.1. The molecule has 4 heterocycles. The van der Waals surface area contributed by atoms with Gasteiger partial charge in [0.15, 0.2) is 32.4 Å². The van der Waals surface area contributed by atoms with Gasteiger partial charge in [-0.3, -0.25) is 13.6 Å². The highest BCUT2D eigenvalue weighted by Gasteiger charge is 2.48. The summed E-state index contributed by atoms with van der Waals surface area (Å²) in [5, 5.41) is 37.8. The third kappa shape index (κ3) is 8.01. The zero-order chi connectivity index (χ0) is 34.1. The van der Waals surface area contributed by atoms with E-state index in [2.05, 4.69) is 34.3 Å². The fourth-order valence-electron chi connectivity index (χ4n) is 4.80. The molecule has 2 saturated heterocycles. The molecular formula is C23H25ClF2N5O14PS. The van der Waals surface area contributed by atoms with Crippen LogP contribution in [0.3, 0.4) is 0 Å². The number of nitrogens with one attached hydrogen (secondary N) is 1. The summed E-state index contributed by atoms with van der Waals surface area (Å²) in [4.78, 5) is 27.2. The van der Waals surface area contributed by atoms with Gasteiger partial charge in [0.2, 0.25) is 13.6 Å². The average molecular weight is 732 g/mol. The van der Waals surface area contributed by atoms with E-state index in [9.17, 15) is 46.8 Å². The van der Waals surface area contributed by atoms with Crippen LogP contribution in [0.25, 0.3) is 11.0 Å². The zero-order valence-corrected chi connectivity index (χ0v) is 26.2. The molecule has 3 aliphatic rings. The number of sulfone groups is 1. The van der Waals surface area contributed by atoms with E-state index >= 15 is 0 Å². The maximum Gasteiger partial charge on any atom is 0.510 e. The summed E-state index contributed by atoms with van der Waals surface area (Å²) in [5.74, 6) is -3.95. The summed E-state index contributed by atoms with van der Waals surface area (Å²) < 4.78 is 101. The van der Waals surface area contributed by atoms with Crippen molar-refractivity contribution in [1.29, 1.82) is 5.26 Å². The van der Waals surface area contributed by atoms with Crippen molar-refractivity contribution in [2.45, 2.75) is 49.3 Å². The molecule has 5 rings (SSSR count). The Morgan fingerprint density at radius 2 is 1.72 bits per heavy atom. The minimum atomic E-state index is -4.75. The number of carbonyl (C=O) groups is 2. The first-order valence-electron chi connectivity index (χ1n) is 13.4. The lowest BCUT2D eigenvalue weighted by Crippen LogP contribution is -2.44. The van der Waals surface area contributed by atoms with Crippen LogP contribution in [-0.2, 0) is 47.1 Å². The van der Waals surface area contributed by atoms with Crippen molar-refractivity contribution in [3.63, 3.8) is 0 Å². The summed E-state index contributed by atoms with van der Waals surface area (Å²) in [7, 11) is -9.34. The third-order valence-corrected chi connectivity index (χ3v) is 11.9. The first-order valence-corrected chi connectivity index (χ1v) is 17.3. The second-order valence-electron chi connectivity index (χ2n) is 10.4. The van der Waals surface area contributed by atoms with E-state index in [0.29, 0.717) is 0 Å². The van der Waals surface area contributed by atoms with Crippen molar-refractivity contribution in [3.8, 4) is 6.07 Å². The van der Waals surface area contributed by atoms with Crippen molar-refractivity contribution in [3.05, 3.63) is 16.9 Å². The van der Waals surface area contributed by atoms with Crippen molar-refractivity contribution >= 4 is 58.1 Å². The predicted molar refractivity (Wildman–Crippen MR) is 148 cm³/mol. The Kier molecular flexibility index (Phi) is 10.1. The molecule has 19 nitrogen and oxygen atoms in total. The lowest BCUT2D eigenvalue weighted by atomic mass is 9.88. The van der Waals surface area contributed by atoms with Gasteiger partial charge < -0.3 is 39.2 Å². The molecule has 24 heteroatoms. The third-order valence-electron chi connectivity index (χ3n) is 6.98. The van der Waals surface area contributed by atoms with Crippen LogP contribution >= 0.6 is 19.2 Å². The van der Waals surface area contributed by atoms with Gasteiger partial charge in [-0.15, -0.1) is 0 Å². The van der Waals surface area contributed by atoms with Gasteiger partial charge in [0.05, 0.1) is 23.0 Å². The maximum absolute atomic E-state index is 13.5. The minimum absolute atomic E-state index is 0.0493. The highest BCUT2D eigenvalue weighted by molar-refractivity contribution is 7.97. The van der Waals surface area contributed by atoms with Crippen molar-refractivity contribution in [2.75, 3.05) is 43.4 Å². The molecule has 1 aliphatic carbocycles. The lowest BCUT2D eigenvalue weighted by Gasteiger charge is -2.36.